The summed E-state index contributed by atoms with van der Waals surface area (Å²) in [7, 11) is 3.40. The molecule has 1 aliphatic heterocycles. The average Bonchev–Trinajstić information content (AvgIpc) is 3.30. The Labute approximate surface area is 178 Å². The SMILES string of the molecule is COCCN(CC1CCN(Cc2ccccc2OC)CC1)C(=O)CCn1cncn1. The number of para-hydroxylation sites is 1. The second-order valence-corrected chi connectivity index (χ2v) is 7.77. The van der Waals surface area contributed by atoms with Crippen molar-refractivity contribution in [2.24, 2.45) is 5.92 Å². The standard InChI is InChI=1S/C22H33N5O3/c1-29-14-13-26(22(28)9-12-27-18-23-17-24-27)15-19-7-10-25(11-8-19)16-20-5-3-4-6-21(20)30-2/h3-6,17-19H,7-16H2,1-2H3. The normalized spacial score (nSPS) is 15.3. The quantitative estimate of drug-likeness (QED) is 0.559. The zero-order chi connectivity index (χ0) is 21.2. The van der Waals surface area contributed by atoms with Gasteiger partial charge >= 0.3 is 0 Å². The summed E-state index contributed by atoms with van der Waals surface area (Å²) in [4.78, 5) is 21.1. The third kappa shape index (κ3) is 6.53. The zero-order valence-electron chi connectivity index (χ0n) is 18.1. The van der Waals surface area contributed by atoms with Gasteiger partial charge in [0.15, 0.2) is 0 Å². The van der Waals surface area contributed by atoms with Crippen LogP contribution in [0.4, 0.5) is 0 Å². The number of carbonyl (C=O) groups excluding carboxylic acids is 1. The van der Waals surface area contributed by atoms with Crippen molar-refractivity contribution in [3.05, 3.63) is 42.5 Å². The van der Waals surface area contributed by atoms with Crippen LogP contribution in [0.15, 0.2) is 36.9 Å². The highest BCUT2D eigenvalue weighted by Gasteiger charge is 2.24. The Bertz CT molecular complexity index is 760. The van der Waals surface area contributed by atoms with E-state index >= 15 is 0 Å². The maximum atomic E-state index is 12.8. The van der Waals surface area contributed by atoms with Gasteiger partial charge in [0.25, 0.3) is 0 Å². The van der Waals surface area contributed by atoms with E-state index in [0.29, 0.717) is 32.0 Å². The fraction of sp³-hybridized carbons (Fsp3) is 0.591. The second kappa shape index (κ2) is 11.7. The number of benzene rings is 1. The lowest BCUT2D eigenvalue weighted by atomic mass is 9.95. The molecule has 1 aliphatic rings. The number of likely N-dealkylation sites (tertiary alicyclic amines) is 1. The molecule has 0 spiro atoms. The molecule has 8 nitrogen and oxygen atoms in total. The van der Waals surface area contributed by atoms with Gasteiger partial charge in [-0.3, -0.25) is 14.4 Å². The highest BCUT2D eigenvalue weighted by molar-refractivity contribution is 5.76. The molecule has 1 aromatic heterocycles. The highest BCUT2D eigenvalue weighted by Crippen LogP contribution is 2.24. The van der Waals surface area contributed by atoms with E-state index in [1.807, 2.05) is 17.0 Å². The molecule has 30 heavy (non-hydrogen) atoms. The lowest BCUT2D eigenvalue weighted by Crippen LogP contribution is -2.42. The molecule has 0 atom stereocenters. The summed E-state index contributed by atoms with van der Waals surface area (Å²) in [5, 5.41) is 4.08. The molecule has 1 saturated heterocycles. The van der Waals surface area contributed by atoms with Gasteiger partial charge in [-0.25, -0.2) is 4.98 Å². The first kappa shape index (κ1) is 22.2. The Morgan fingerprint density at radius 1 is 1.23 bits per heavy atom. The monoisotopic (exact) mass is 415 g/mol. The molecule has 0 unspecified atom stereocenters. The van der Waals surface area contributed by atoms with Crippen molar-refractivity contribution in [1.29, 1.82) is 0 Å². The lowest BCUT2D eigenvalue weighted by molar-refractivity contribution is -0.133. The van der Waals surface area contributed by atoms with E-state index in [1.54, 1.807) is 25.2 Å². The summed E-state index contributed by atoms with van der Waals surface area (Å²) in [6, 6.07) is 8.21. The van der Waals surface area contributed by atoms with Gasteiger partial charge in [-0.2, -0.15) is 5.10 Å². The van der Waals surface area contributed by atoms with Gasteiger partial charge in [-0.05, 0) is 37.9 Å². The van der Waals surface area contributed by atoms with Crippen LogP contribution in [0.25, 0.3) is 0 Å². The number of aryl methyl sites for hydroxylation is 1. The maximum Gasteiger partial charge on any atom is 0.224 e. The van der Waals surface area contributed by atoms with Gasteiger partial charge in [0.05, 0.1) is 20.3 Å². The van der Waals surface area contributed by atoms with E-state index in [9.17, 15) is 4.79 Å². The first-order valence-corrected chi connectivity index (χ1v) is 10.6. The molecule has 164 valence electrons. The van der Waals surface area contributed by atoms with E-state index in [2.05, 4.69) is 27.1 Å². The number of ether oxygens (including phenoxy) is 2. The molecule has 0 bridgehead atoms. The lowest BCUT2D eigenvalue weighted by Gasteiger charge is -2.35. The van der Waals surface area contributed by atoms with Crippen LogP contribution in [-0.4, -0.2) is 77.5 Å². The zero-order valence-corrected chi connectivity index (χ0v) is 18.1. The van der Waals surface area contributed by atoms with Crippen LogP contribution in [0.3, 0.4) is 0 Å². The van der Waals surface area contributed by atoms with Crippen LogP contribution in [0.2, 0.25) is 0 Å². The van der Waals surface area contributed by atoms with Crippen molar-refractivity contribution in [3.63, 3.8) is 0 Å². The number of aromatic nitrogens is 3. The third-order valence-electron chi connectivity index (χ3n) is 5.71. The Morgan fingerprint density at radius 2 is 2.03 bits per heavy atom. The summed E-state index contributed by atoms with van der Waals surface area (Å²) in [6.07, 6.45) is 5.75. The summed E-state index contributed by atoms with van der Waals surface area (Å²) in [6.45, 7) is 5.51. The molecule has 1 aromatic carbocycles. The second-order valence-electron chi connectivity index (χ2n) is 7.77. The van der Waals surface area contributed by atoms with E-state index in [-0.39, 0.29) is 5.91 Å². The number of carbonyl (C=O) groups is 1. The van der Waals surface area contributed by atoms with Crippen molar-refractivity contribution in [2.45, 2.75) is 32.4 Å². The molecule has 0 radical (unpaired) electrons. The van der Waals surface area contributed by atoms with Crippen molar-refractivity contribution in [3.8, 4) is 5.75 Å². The fourth-order valence-electron chi connectivity index (χ4n) is 3.95. The van der Waals surface area contributed by atoms with Crippen LogP contribution in [0.5, 0.6) is 5.75 Å². The number of hydrogen-bond donors (Lipinski definition) is 0. The predicted molar refractivity (Wildman–Crippen MR) is 114 cm³/mol. The minimum Gasteiger partial charge on any atom is -0.496 e. The molecule has 8 heteroatoms. The van der Waals surface area contributed by atoms with Gasteiger partial charge < -0.3 is 14.4 Å². The first-order valence-electron chi connectivity index (χ1n) is 10.6. The van der Waals surface area contributed by atoms with Gasteiger partial charge in [0.1, 0.15) is 18.4 Å². The van der Waals surface area contributed by atoms with E-state index < -0.39 is 0 Å². The predicted octanol–water partition coefficient (Wildman–Crippen LogP) is 2.06. The van der Waals surface area contributed by atoms with Crippen LogP contribution in [-0.2, 0) is 22.6 Å². The largest absolute Gasteiger partial charge is 0.496 e. The average molecular weight is 416 g/mol. The first-order chi connectivity index (χ1) is 14.7. The van der Waals surface area contributed by atoms with Crippen molar-refractivity contribution >= 4 is 5.91 Å². The number of rotatable bonds is 11. The van der Waals surface area contributed by atoms with E-state index in [0.717, 1.165) is 44.8 Å². The van der Waals surface area contributed by atoms with Crippen molar-refractivity contribution in [1.82, 2.24) is 24.6 Å². The smallest absolute Gasteiger partial charge is 0.224 e. The Hall–Kier alpha value is -2.45. The van der Waals surface area contributed by atoms with Crippen LogP contribution >= 0.6 is 0 Å². The number of hydrogen-bond acceptors (Lipinski definition) is 6. The summed E-state index contributed by atoms with van der Waals surface area (Å²) in [5.41, 5.74) is 1.23. The molecule has 2 heterocycles. The van der Waals surface area contributed by atoms with E-state index in [1.165, 1.54) is 11.9 Å². The summed E-state index contributed by atoms with van der Waals surface area (Å²) in [5.74, 6) is 1.62. The third-order valence-corrected chi connectivity index (χ3v) is 5.71. The van der Waals surface area contributed by atoms with Crippen molar-refractivity contribution < 1.29 is 14.3 Å². The van der Waals surface area contributed by atoms with Gasteiger partial charge in [-0.1, -0.05) is 18.2 Å². The van der Waals surface area contributed by atoms with E-state index in [4.69, 9.17) is 9.47 Å². The van der Waals surface area contributed by atoms with Gasteiger partial charge in [0, 0.05) is 38.7 Å². The van der Waals surface area contributed by atoms with Crippen LogP contribution < -0.4 is 4.74 Å². The molecule has 3 rings (SSSR count). The Balaban J connectivity index is 1.48. The Morgan fingerprint density at radius 3 is 2.73 bits per heavy atom. The van der Waals surface area contributed by atoms with Gasteiger partial charge in [-0.15, -0.1) is 0 Å². The molecule has 1 amide bonds. The molecular weight excluding hydrogens is 382 g/mol. The number of piperidine rings is 1. The summed E-state index contributed by atoms with van der Waals surface area (Å²) >= 11 is 0. The number of methoxy groups -OCH3 is 2. The maximum absolute atomic E-state index is 12.8. The van der Waals surface area contributed by atoms with Crippen molar-refractivity contribution in [2.75, 3.05) is 47.0 Å². The molecule has 0 N–H and O–H groups in total. The highest BCUT2D eigenvalue weighted by atomic mass is 16.5. The minimum atomic E-state index is 0.152. The molecule has 0 saturated carbocycles. The number of nitrogens with zero attached hydrogens (tertiary/aromatic N) is 5. The Kier molecular flexibility index (Phi) is 8.65. The topological polar surface area (TPSA) is 72.7 Å². The molecular formula is C22H33N5O3. The van der Waals surface area contributed by atoms with Crippen LogP contribution in [0.1, 0.15) is 24.8 Å². The molecule has 2 aromatic rings. The molecule has 1 fully saturated rings. The van der Waals surface area contributed by atoms with Crippen LogP contribution in [0, 0.1) is 5.92 Å². The minimum absolute atomic E-state index is 0.152. The fourth-order valence-corrected chi connectivity index (χ4v) is 3.95. The molecule has 0 aliphatic carbocycles. The number of amides is 1. The summed E-state index contributed by atoms with van der Waals surface area (Å²) < 4.78 is 12.4. The van der Waals surface area contributed by atoms with Gasteiger partial charge in [0.2, 0.25) is 5.91 Å².